The Kier molecular flexibility index (Phi) is 8.11. The fraction of sp³-hybridized carbons (Fsp3) is 0.480. The van der Waals surface area contributed by atoms with Crippen LogP contribution in [0, 0.1) is 0 Å². The van der Waals surface area contributed by atoms with Crippen molar-refractivity contribution in [1.82, 2.24) is 19.7 Å². The Morgan fingerprint density at radius 3 is 2.80 bits per heavy atom. The number of hydrogen-bond donors (Lipinski definition) is 4. The second-order valence-corrected chi connectivity index (χ2v) is 11.6. The Morgan fingerprint density at radius 1 is 1.30 bits per heavy atom. The first-order valence-corrected chi connectivity index (χ1v) is 14.3. The molecule has 4 heterocycles. The third kappa shape index (κ3) is 5.84. The number of aromatic nitrogens is 3. The monoisotopic (exact) mass is 577 g/mol. The van der Waals surface area contributed by atoms with Gasteiger partial charge in [-0.1, -0.05) is 18.2 Å². The van der Waals surface area contributed by atoms with Gasteiger partial charge in [-0.2, -0.15) is 10.2 Å². The number of ether oxygens (including phenoxy) is 3. The number of hydrogen-bond acceptors (Lipinski definition) is 12. The van der Waals surface area contributed by atoms with Crippen LogP contribution in [0.1, 0.15) is 32.1 Å². The molecule has 1 aromatic carbocycles. The largest absolute Gasteiger partial charge is 0.459 e. The SMILES string of the molecule is C[C@H](N[P@@](=O)(OC[C@@]1(C)O[C@@H](c2ccc3c(N)ncnn23)[C@H](O)[C@@H]1O)Oc1ccccc1)C(=O)O[C@@H]1CCOC1. The summed E-state index contributed by atoms with van der Waals surface area (Å²) in [5.41, 5.74) is 5.31. The predicted molar refractivity (Wildman–Crippen MR) is 140 cm³/mol. The molecule has 0 radical (unpaired) electrons. The molecule has 2 fully saturated rings. The smallest absolute Gasteiger partial charge is 0.459 e. The van der Waals surface area contributed by atoms with Gasteiger partial charge in [0.1, 0.15) is 53.7 Å². The molecule has 5 N–H and O–H groups in total. The molecule has 2 aliphatic rings. The van der Waals surface area contributed by atoms with Gasteiger partial charge in [-0.3, -0.25) is 9.32 Å². The first-order chi connectivity index (χ1) is 19.1. The number of carbonyl (C=O) groups is 1. The van der Waals surface area contributed by atoms with E-state index in [0.717, 1.165) is 0 Å². The summed E-state index contributed by atoms with van der Waals surface area (Å²) >= 11 is 0. The van der Waals surface area contributed by atoms with Crippen LogP contribution in [0.4, 0.5) is 5.82 Å². The fourth-order valence-corrected chi connectivity index (χ4v) is 6.17. The molecule has 15 heteroatoms. The topological polar surface area (TPSA) is 189 Å². The van der Waals surface area contributed by atoms with Crippen LogP contribution < -0.4 is 15.3 Å². The Morgan fingerprint density at radius 2 is 2.08 bits per heavy atom. The van der Waals surface area contributed by atoms with Gasteiger partial charge in [0.25, 0.3) is 0 Å². The zero-order valence-corrected chi connectivity index (χ0v) is 22.8. The van der Waals surface area contributed by atoms with E-state index in [1.54, 1.807) is 42.5 Å². The first kappa shape index (κ1) is 28.4. The lowest BCUT2D eigenvalue weighted by molar-refractivity contribution is -0.150. The summed E-state index contributed by atoms with van der Waals surface area (Å²) in [6.45, 7) is 3.28. The van der Waals surface area contributed by atoms with E-state index in [-0.39, 0.29) is 11.6 Å². The van der Waals surface area contributed by atoms with E-state index in [4.69, 9.17) is 29.0 Å². The number of nitrogen functional groups attached to an aromatic ring is 1. The molecule has 216 valence electrons. The highest BCUT2D eigenvalue weighted by Gasteiger charge is 2.54. The van der Waals surface area contributed by atoms with Gasteiger partial charge in [0, 0.05) is 6.42 Å². The second kappa shape index (κ2) is 11.4. The van der Waals surface area contributed by atoms with E-state index in [2.05, 4.69) is 15.2 Å². The lowest BCUT2D eigenvalue weighted by Crippen LogP contribution is -2.45. The van der Waals surface area contributed by atoms with Crippen molar-refractivity contribution < 1.29 is 42.8 Å². The zero-order chi connectivity index (χ0) is 28.5. The minimum Gasteiger partial charge on any atom is -0.459 e. The number of nitrogens with zero attached hydrogens (tertiary/aromatic N) is 3. The van der Waals surface area contributed by atoms with Gasteiger partial charge in [0.2, 0.25) is 0 Å². The summed E-state index contributed by atoms with van der Waals surface area (Å²) in [6.07, 6.45) is -2.41. The number of nitrogens with one attached hydrogen (secondary N) is 1. The number of fused-ring (bicyclic) bond motifs is 1. The van der Waals surface area contributed by atoms with E-state index in [1.807, 2.05) is 0 Å². The molecule has 0 spiro atoms. The van der Waals surface area contributed by atoms with Crippen molar-refractivity contribution in [3.05, 3.63) is 54.5 Å². The molecule has 0 saturated carbocycles. The molecule has 0 amide bonds. The van der Waals surface area contributed by atoms with Crippen molar-refractivity contribution in [2.45, 2.75) is 56.3 Å². The van der Waals surface area contributed by atoms with Crippen LogP contribution in [-0.2, 0) is 28.1 Å². The third-order valence-corrected chi connectivity index (χ3v) is 8.45. The minimum absolute atomic E-state index is 0.218. The lowest BCUT2D eigenvalue weighted by atomic mass is 9.97. The summed E-state index contributed by atoms with van der Waals surface area (Å²) in [5, 5.41) is 28.7. The number of benzene rings is 1. The minimum atomic E-state index is -4.26. The Hall–Kier alpha value is -3.10. The second-order valence-electron chi connectivity index (χ2n) is 9.94. The van der Waals surface area contributed by atoms with Crippen molar-refractivity contribution in [2.24, 2.45) is 0 Å². The number of nitrogens with two attached hydrogens (primary N) is 1. The van der Waals surface area contributed by atoms with Crippen LogP contribution in [0.5, 0.6) is 5.75 Å². The normalized spacial score (nSPS) is 28.8. The highest BCUT2D eigenvalue weighted by Crippen LogP contribution is 2.48. The molecule has 2 aromatic heterocycles. The molecule has 3 aromatic rings. The number of aliphatic hydroxyl groups excluding tert-OH is 2. The standard InChI is InChI=1S/C25H32N5O9P/c1-15(24(33)37-17-10-11-35-12-17)29-40(34,39-16-6-4-3-5-7-16)36-13-25(2)22(32)20(31)21(38-25)18-8-9-19-23(26)27-14-28-30(18)19/h3-9,14-15,17,20-22,31-32H,10-13H2,1-2H3,(H,29,34)(H2,26,27,28)/t15-,17+,20-,21-,22-,25+,40+/m0/s1. The van der Waals surface area contributed by atoms with Crippen molar-refractivity contribution in [1.29, 1.82) is 0 Å². The summed E-state index contributed by atoms with van der Waals surface area (Å²) in [7, 11) is -4.26. The van der Waals surface area contributed by atoms with Crippen LogP contribution in [0.2, 0.25) is 0 Å². The number of aliphatic hydroxyl groups is 2. The van der Waals surface area contributed by atoms with Gasteiger partial charge < -0.3 is 34.7 Å². The number of anilines is 1. The van der Waals surface area contributed by atoms with Gasteiger partial charge in [-0.25, -0.2) is 14.1 Å². The van der Waals surface area contributed by atoms with Crippen LogP contribution >= 0.6 is 7.75 Å². The van der Waals surface area contributed by atoms with Crippen molar-refractivity contribution in [3.63, 3.8) is 0 Å². The van der Waals surface area contributed by atoms with E-state index >= 15 is 0 Å². The van der Waals surface area contributed by atoms with Gasteiger partial charge >= 0.3 is 13.7 Å². The zero-order valence-electron chi connectivity index (χ0n) is 22.0. The summed E-state index contributed by atoms with van der Waals surface area (Å²) in [5.74, 6) is -0.203. The van der Waals surface area contributed by atoms with Crippen LogP contribution in [0.25, 0.3) is 5.52 Å². The highest BCUT2D eigenvalue weighted by atomic mass is 31.2. The van der Waals surface area contributed by atoms with Gasteiger partial charge in [0.15, 0.2) is 5.82 Å². The van der Waals surface area contributed by atoms with Crippen LogP contribution in [-0.4, -0.2) is 80.6 Å². The van der Waals surface area contributed by atoms with Crippen LogP contribution in [0.15, 0.2) is 48.8 Å². The van der Waals surface area contributed by atoms with Crippen molar-refractivity contribution in [2.75, 3.05) is 25.6 Å². The summed E-state index contributed by atoms with van der Waals surface area (Å²) in [4.78, 5) is 16.6. The Balaban J connectivity index is 1.33. The molecule has 7 atom stereocenters. The lowest BCUT2D eigenvalue weighted by Gasteiger charge is -2.30. The molecule has 0 aliphatic carbocycles. The average Bonchev–Trinajstić information content (AvgIpc) is 3.65. The maximum atomic E-state index is 13.9. The van der Waals surface area contributed by atoms with Gasteiger partial charge in [0.05, 0.1) is 25.5 Å². The molecule has 0 unspecified atom stereocenters. The van der Waals surface area contributed by atoms with E-state index in [9.17, 15) is 19.6 Å². The van der Waals surface area contributed by atoms with E-state index in [0.29, 0.717) is 30.8 Å². The molecule has 2 aliphatic heterocycles. The summed E-state index contributed by atoms with van der Waals surface area (Å²) < 4.78 is 43.6. The number of para-hydroxylation sites is 1. The quantitative estimate of drug-likeness (QED) is 0.200. The maximum absolute atomic E-state index is 13.9. The maximum Gasteiger partial charge on any atom is 0.459 e. The fourth-order valence-electron chi connectivity index (χ4n) is 4.58. The first-order valence-electron chi connectivity index (χ1n) is 12.8. The molecule has 0 bridgehead atoms. The summed E-state index contributed by atoms with van der Waals surface area (Å²) in [6, 6.07) is 10.5. The van der Waals surface area contributed by atoms with E-state index < -0.39 is 56.4 Å². The molecule has 14 nitrogen and oxygen atoms in total. The molecular formula is C25H32N5O9P. The van der Waals surface area contributed by atoms with Crippen molar-refractivity contribution >= 4 is 25.1 Å². The molecule has 5 rings (SSSR count). The van der Waals surface area contributed by atoms with Gasteiger partial charge in [-0.15, -0.1) is 0 Å². The number of rotatable bonds is 10. The Bertz CT molecular complexity index is 1390. The predicted octanol–water partition coefficient (Wildman–Crippen LogP) is 1.38. The Labute approximate surface area is 229 Å². The molecule has 40 heavy (non-hydrogen) atoms. The average molecular weight is 578 g/mol. The van der Waals surface area contributed by atoms with Crippen LogP contribution in [0.3, 0.4) is 0 Å². The number of carbonyl (C=O) groups excluding carboxylic acids is 1. The molecular weight excluding hydrogens is 545 g/mol. The van der Waals surface area contributed by atoms with Gasteiger partial charge in [-0.05, 0) is 38.1 Å². The van der Waals surface area contributed by atoms with Crippen molar-refractivity contribution in [3.8, 4) is 5.75 Å². The number of esters is 1. The van der Waals surface area contributed by atoms with E-state index in [1.165, 1.54) is 24.7 Å². The molecule has 2 saturated heterocycles. The highest BCUT2D eigenvalue weighted by molar-refractivity contribution is 7.52. The third-order valence-electron chi connectivity index (χ3n) is 6.82.